The van der Waals surface area contributed by atoms with Crippen molar-refractivity contribution in [3.63, 3.8) is 0 Å². The molecule has 0 radical (unpaired) electrons. The van der Waals surface area contributed by atoms with E-state index < -0.39 is 11.9 Å². The first-order chi connectivity index (χ1) is 15.4. The molecule has 11 heteroatoms. The number of imide groups is 1. The minimum atomic E-state index is -0.628. The molecule has 0 saturated heterocycles. The number of ether oxygens (including phenoxy) is 1. The van der Waals surface area contributed by atoms with Gasteiger partial charge in [-0.2, -0.15) is 0 Å². The van der Waals surface area contributed by atoms with Crippen LogP contribution >= 0.6 is 34.7 Å². The van der Waals surface area contributed by atoms with Gasteiger partial charge in [-0.3, -0.25) is 19.8 Å². The minimum absolute atomic E-state index is 0.125. The summed E-state index contributed by atoms with van der Waals surface area (Å²) in [5.74, 6) is -0.547. The number of carbonyl (C=O) groups excluding carboxylic acids is 3. The number of nitrogens with zero attached hydrogens (tertiary/aromatic N) is 2. The van der Waals surface area contributed by atoms with Gasteiger partial charge in [0.1, 0.15) is 11.4 Å². The highest BCUT2D eigenvalue weighted by molar-refractivity contribution is 8.14. The van der Waals surface area contributed by atoms with Gasteiger partial charge in [0.2, 0.25) is 5.91 Å². The summed E-state index contributed by atoms with van der Waals surface area (Å²) in [4.78, 5) is 43.6. The van der Waals surface area contributed by atoms with Crippen molar-refractivity contribution in [3.05, 3.63) is 64.0 Å². The lowest BCUT2D eigenvalue weighted by atomic mass is 10.2. The van der Waals surface area contributed by atoms with Gasteiger partial charge in [0.05, 0.1) is 23.6 Å². The van der Waals surface area contributed by atoms with E-state index in [0.717, 1.165) is 16.6 Å². The molecule has 1 aromatic carbocycles. The number of hydrogen-bond donors (Lipinski definition) is 2. The molecule has 0 bridgehead atoms. The summed E-state index contributed by atoms with van der Waals surface area (Å²) in [6, 6.07) is 8.02. The largest absolute Gasteiger partial charge is 0.495 e. The molecule has 8 nitrogen and oxygen atoms in total. The quantitative estimate of drug-likeness (QED) is 0.453. The first kappa shape index (κ1) is 23.6. The van der Waals surface area contributed by atoms with Gasteiger partial charge in [-0.05, 0) is 35.7 Å². The third kappa shape index (κ3) is 5.78. The zero-order chi connectivity index (χ0) is 23.1. The number of carbonyl (C=O) groups is 3. The summed E-state index contributed by atoms with van der Waals surface area (Å²) in [6.07, 6.45) is 3.18. The number of thioether (sulfide) groups is 1. The average molecular weight is 491 g/mol. The van der Waals surface area contributed by atoms with Crippen LogP contribution < -0.4 is 20.3 Å². The molecular weight excluding hydrogens is 472 g/mol. The van der Waals surface area contributed by atoms with Gasteiger partial charge in [-0.15, -0.1) is 17.9 Å². The van der Waals surface area contributed by atoms with Gasteiger partial charge in [0.15, 0.2) is 5.17 Å². The Labute approximate surface area is 198 Å². The normalized spacial score (nSPS) is 14.3. The van der Waals surface area contributed by atoms with Crippen LogP contribution in [0.1, 0.15) is 4.88 Å². The van der Waals surface area contributed by atoms with E-state index in [0.29, 0.717) is 21.6 Å². The molecule has 0 aliphatic carbocycles. The Kier molecular flexibility index (Phi) is 8.09. The number of urea groups is 1. The SMILES string of the molecule is C=CCNC(=O)NC(=O)CSC1=N/C(=C\c2cccs2)C(=O)N1c1ccc(OC)c(Cl)c1. The van der Waals surface area contributed by atoms with E-state index in [4.69, 9.17) is 16.3 Å². The summed E-state index contributed by atoms with van der Waals surface area (Å²) in [5.41, 5.74) is 0.705. The number of amides is 4. The highest BCUT2D eigenvalue weighted by Gasteiger charge is 2.33. The highest BCUT2D eigenvalue weighted by Crippen LogP contribution is 2.34. The topological polar surface area (TPSA) is 100 Å². The van der Waals surface area contributed by atoms with Gasteiger partial charge in [-0.1, -0.05) is 35.5 Å². The zero-order valence-corrected chi connectivity index (χ0v) is 19.4. The third-order valence-corrected chi connectivity index (χ3v) is 6.09. The Hall–Kier alpha value is -3.08. The van der Waals surface area contributed by atoms with Crippen LogP contribution in [-0.2, 0) is 9.59 Å². The lowest BCUT2D eigenvalue weighted by molar-refractivity contribution is -0.117. The highest BCUT2D eigenvalue weighted by atomic mass is 35.5. The number of benzene rings is 1. The molecule has 2 N–H and O–H groups in total. The second kappa shape index (κ2) is 11.0. The Morgan fingerprint density at radius 3 is 2.84 bits per heavy atom. The maximum atomic E-state index is 13.1. The molecule has 2 aromatic rings. The van der Waals surface area contributed by atoms with Gasteiger partial charge < -0.3 is 10.1 Å². The standard InChI is InChI=1S/C21H19ClN4O4S2/c1-3-8-23-20(29)25-18(27)12-32-21-24-16(11-14-5-4-9-31-14)19(28)26(21)13-6-7-17(30-2)15(22)10-13/h3-7,9-11H,1,8,12H2,2H3,(H2,23,25,27,29)/b16-11-. The van der Waals surface area contributed by atoms with Crippen LogP contribution in [0.5, 0.6) is 5.75 Å². The number of thiophene rings is 1. The smallest absolute Gasteiger partial charge is 0.321 e. The Morgan fingerprint density at radius 2 is 2.19 bits per heavy atom. The van der Waals surface area contributed by atoms with E-state index in [1.807, 2.05) is 17.5 Å². The molecule has 2 heterocycles. The predicted octanol–water partition coefficient (Wildman–Crippen LogP) is 3.90. The zero-order valence-electron chi connectivity index (χ0n) is 17.0. The van der Waals surface area contributed by atoms with E-state index in [2.05, 4.69) is 22.2 Å². The molecule has 4 amide bonds. The van der Waals surface area contributed by atoms with E-state index in [9.17, 15) is 14.4 Å². The molecule has 32 heavy (non-hydrogen) atoms. The lowest BCUT2D eigenvalue weighted by Crippen LogP contribution is -2.40. The lowest BCUT2D eigenvalue weighted by Gasteiger charge is -2.18. The molecule has 1 aliphatic rings. The predicted molar refractivity (Wildman–Crippen MR) is 129 cm³/mol. The van der Waals surface area contributed by atoms with Crippen LogP contribution in [-0.4, -0.2) is 42.4 Å². The summed E-state index contributed by atoms with van der Waals surface area (Å²) >= 11 is 8.74. The molecule has 0 fully saturated rings. The molecule has 0 unspecified atom stereocenters. The molecule has 3 rings (SSSR count). The van der Waals surface area contributed by atoms with Gasteiger partial charge >= 0.3 is 6.03 Å². The molecule has 0 atom stereocenters. The maximum Gasteiger partial charge on any atom is 0.321 e. The van der Waals surface area contributed by atoms with Gasteiger partial charge in [-0.25, -0.2) is 9.79 Å². The number of hydrogen-bond acceptors (Lipinski definition) is 7. The van der Waals surface area contributed by atoms with Crippen molar-refractivity contribution in [2.75, 3.05) is 24.3 Å². The van der Waals surface area contributed by atoms with Crippen molar-refractivity contribution in [1.29, 1.82) is 0 Å². The molecular formula is C21H19ClN4O4S2. The van der Waals surface area contributed by atoms with Crippen molar-refractivity contribution >= 4 is 69.5 Å². The second-order valence-corrected chi connectivity index (χ2v) is 8.56. The van der Waals surface area contributed by atoms with Crippen LogP contribution in [0.4, 0.5) is 10.5 Å². The fourth-order valence-electron chi connectivity index (χ4n) is 2.63. The summed E-state index contributed by atoms with van der Waals surface area (Å²) in [5, 5.41) is 7.18. The van der Waals surface area contributed by atoms with Gasteiger partial charge in [0, 0.05) is 11.4 Å². The van der Waals surface area contributed by atoms with E-state index >= 15 is 0 Å². The summed E-state index contributed by atoms with van der Waals surface area (Å²) < 4.78 is 5.17. The Morgan fingerprint density at radius 1 is 1.38 bits per heavy atom. The van der Waals surface area contributed by atoms with Crippen molar-refractivity contribution < 1.29 is 19.1 Å². The number of anilines is 1. The van der Waals surface area contributed by atoms with E-state index in [1.54, 1.807) is 24.3 Å². The number of halogens is 1. The Balaban J connectivity index is 1.82. The number of amidine groups is 1. The van der Waals surface area contributed by atoms with Crippen molar-refractivity contribution in [3.8, 4) is 5.75 Å². The molecule has 0 saturated carbocycles. The monoisotopic (exact) mass is 490 g/mol. The molecule has 166 valence electrons. The van der Waals surface area contributed by atoms with E-state index in [1.165, 1.54) is 29.4 Å². The average Bonchev–Trinajstić information content (AvgIpc) is 3.39. The van der Waals surface area contributed by atoms with Crippen LogP contribution in [0, 0.1) is 0 Å². The number of nitrogens with one attached hydrogen (secondary N) is 2. The van der Waals surface area contributed by atoms with E-state index in [-0.39, 0.29) is 23.9 Å². The summed E-state index contributed by atoms with van der Waals surface area (Å²) in [7, 11) is 1.50. The van der Waals surface area contributed by atoms with Crippen molar-refractivity contribution in [2.45, 2.75) is 0 Å². The van der Waals surface area contributed by atoms with Crippen LogP contribution in [0.25, 0.3) is 6.08 Å². The second-order valence-electron chi connectivity index (χ2n) is 6.23. The summed E-state index contributed by atoms with van der Waals surface area (Å²) in [6.45, 7) is 3.72. The molecule has 1 aliphatic heterocycles. The maximum absolute atomic E-state index is 13.1. The third-order valence-electron chi connectivity index (χ3n) is 4.04. The first-order valence-electron chi connectivity index (χ1n) is 9.26. The molecule has 0 spiro atoms. The van der Waals surface area contributed by atoms with Crippen LogP contribution in [0.15, 0.2) is 59.1 Å². The minimum Gasteiger partial charge on any atom is -0.495 e. The Bertz CT molecular complexity index is 1100. The van der Waals surface area contributed by atoms with Crippen LogP contribution in [0.2, 0.25) is 5.02 Å². The number of aliphatic imine (C=N–C) groups is 1. The number of methoxy groups -OCH3 is 1. The van der Waals surface area contributed by atoms with Crippen molar-refractivity contribution in [2.24, 2.45) is 4.99 Å². The van der Waals surface area contributed by atoms with Crippen molar-refractivity contribution in [1.82, 2.24) is 10.6 Å². The fourth-order valence-corrected chi connectivity index (χ4v) is 4.34. The fraction of sp³-hybridized carbons (Fsp3) is 0.143. The first-order valence-corrected chi connectivity index (χ1v) is 11.5. The number of rotatable bonds is 7. The van der Waals surface area contributed by atoms with Crippen LogP contribution in [0.3, 0.4) is 0 Å². The van der Waals surface area contributed by atoms with Gasteiger partial charge in [0.25, 0.3) is 5.91 Å². The molecule has 1 aromatic heterocycles.